The summed E-state index contributed by atoms with van der Waals surface area (Å²) in [6, 6.07) is 6.28. The summed E-state index contributed by atoms with van der Waals surface area (Å²) < 4.78 is 41.9. The van der Waals surface area contributed by atoms with Gasteiger partial charge in [-0.25, -0.2) is 0 Å². The first-order valence-electron chi connectivity index (χ1n) is 6.18. The molecule has 0 heterocycles. The van der Waals surface area contributed by atoms with Gasteiger partial charge in [0.2, 0.25) is 0 Å². The third-order valence-electron chi connectivity index (χ3n) is 2.47. The first-order chi connectivity index (χ1) is 8.57. The number of benzene rings is 1. The predicted molar refractivity (Wildman–Crippen MR) is 69.0 cm³/mol. The Bertz CT molecular complexity index is 393. The number of rotatable bonds is 4. The standard InChI is InChI=1S/C14H20F3NO/c1-13(2,3)19-11-6-4-10(5-7-11)12(18)8-9-14(15,16)17/h4-7,12H,8-9,18H2,1-3H3/t12-/m1/s1. The Balaban J connectivity index is 2.60. The predicted octanol–water partition coefficient (Wildman–Crippen LogP) is 4.21. The van der Waals surface area contributed by atoms with Crippen LogP contribution in [-0.4, -0.2) is 11.8 Å². The highest BCUT2D eigenvalue weighted by Gasteiger charge is 2.27. The molecule has 0 spiro atoms. The van der Waals surface area contributed by atoms with Crippen LogP contribution in [0.3, 0.4) is 0 Å². The van der Waals surface area contributed by atoms with Gasteiger partial charge in [0.1, 0.15) is 11.4 Å². The summed E-state index contributed by atoms with van der Waals surface area (Å²) in [6.45, 7) is 5.78. The van der Waals surface area contributed by atoms with E-state index in [1.54, 1.807) is 24.3 Å². The van der Waals surface area contributed by atoms with Crippen LogP contribution in [0, 0.1) is 0 Å². The first kappa shape index (κ1) is 15.8. The van der Waals surface area contributed by atoms with Crippen LogP contribution in [0.4, 0.5) is 13.2 Å². The average Bonchev–Trinajstić information content (AvgIpc) is 2.23. The van der Waals surface area contributed by atoms with Crippen molar-refractivity contribution in [1.29, 1.82) is 0 Å². The lowest BCUT2D eigenvalue weighted by atomic mass is 10.0. The van der Waals surface area contributed by atoms with E-state index in [-0.39, 0.29) is 12.0 Å². The molecule has 1 aromatic carbocycles. The Morgan fingerprint density at radius 1 is 1.11 bits per heavy atom. The monoisotopic (exact) mass is 275 g/mol. The number of alkyl halides is 3. The summed E-state index contributed by atoms with van der Waals surface area (Å²) in [5, 5.41) is 0. The minimum absolute atomic E-state index is 0.108. The number of hydrogen-bond acceptors (Lipinski definition) is 2. The van der Waals surface area contributed by atoms with Crippen LogP contribution in [0.25, 0.3) is 0 Å². The molecule has 0 saturated carbocycles. The van der Waals surface area contributed by atoms with E-state index < -0.39 is 18.6 Å². The molecule has 2 nitrogen and oxygen atoms in total. The second-order valence-electron chi connectivity index (χ2n) is 5.54. The van der Waals surface area contributed by atoms with Gasteiger partial charge in [-0.15, -0.1) is 0 Å². The molecule has 0 aliphatic rings. The molecule has 108 valence electrons. The van der Waals surface area contributed by atoms with Crippen molar-refractivity contribution in [2.24, 2.45) is 5.73 Å². The third kappa shape index (κ3) is 6.47. The van der Waals surface area contributed by atoms with E-state index >= 15 is 0 Å². The molecular formula is C14H20F3NO. The van der Waals surface area contributed by atoms with Crippen LogP contribution < -0.4 is 10.5 Å². The van der Waals surface area contributed by atoms with E-state index in [9.17, 15) is 13.2 Å². The molecule has 0 aliphatic heterocycles. The van der Waals surface area contributed by atoms with E-state index in [1.165, 1.54) is 0 Å². The molecule has 0 bridgehead atoms. The summed E-state index contributed by atoms with van der Waals surface area (Å²) in [5.74, 6) is 0.680. The van der Waals surface area contributed by atoms with Crippen LogP contribution in [0.1, 0.15) is 45.2 Å². The van der Waals surface area contributed by atoms with Gasteiger partial charge in [0, 0.05) is 12.5 Å². The van der Waals surface area contributed by atoms with Crippen molar-refractivity contribution < 1.29 is 17.9 Å². The van der Waals surface area contributed by atoms with Crippen LogP contribution in [0.15, 0.2) is 24.3 Å². The summed E-state index contributed by atoms with van der Waals surface area (Å²) >= 11 is 0. The summed E-state index contributed by atoms with van der Waals surface area (Å²) in [5.41, 5.74) is 6.12. The number of halogens is 3. The van der Waals surface area contributed by atoms with Crippen LogP contribution in [-0.2, 0) is 0 Å². The van der Waals surface area contributed by atoms with E-state index in [4.69, 9.17) is 10.5 Å². The van der Waals surface area contributed by atoms with E-state index in [1.807, 2.05) is 20.8 Å². The zero-order valence-electron chi connectivity index (χ0n) is 11.4. The molecule has 5 heteroatoms. The maximum Gasteiger partial charge on any atom is 0.389 e. The maximum atomic E-state index is 12.1. The van der Waals surface area contributed by atoms with Gasteiger partial charge >= 0.3 is 6.18 Å². The van der Waals surface area contributed by atoms with Crippen LogP contribution in [0.2, 0.25) is 0 Å². The number of nitrogens with two attached hydrogens (primary N) is 1. The molecule has 2 N–H and O–H groups in total. The van der Waals surface area contributed by atoms with E-state index in [2.05, 4.69) is 0 Å². The third-order valence-corrected chi connectivity index (χ3v) is 2.47. The topological polar surface area (TPSA) is 35.2 Å². The SMILES string of the molecule is CC(C)(C)Oc1ccc([C@H](N)CCC(F)(F)F)cc1. The van der Waals surface area contributed by atoms with E-state index in [0.717, 1.165) is 0 Å². The molecule has 0 radical (unpaired) electrons. The van der Waals surface area contributed by atoms with Crippen LogP contribution >= 0.6 is 0 Å². The quantitative estimate of drug-likeness (QED) is 0.893. The van der Waals surface area contributed by atoms with Gasteiger partial charge in [-0.3, -0.25) is 0 Å². The fourth-order valence-corrected chi connectivity index (χ4v) is 1.62. The van der Waals surface area contributed by atoms with Gasteiger partial charge in [-0.2, -0.15) is 13.2 Å². The molecular weight excluding hydrogens is 255 g/mol. The van der Waals surface area contributed by atoms with Crippen molar-refractivity contribution in [3.8, 4) is 5.75 Å². The summed E-state index contributed by atoms with van der Waals surface area (Å²) in [7, 11) is 0. The first-order valence-corrected chi connectivity index (χ1v) is 6.18. The molecule has 1 aromatic rings. The smallest absolute Gasteiger partial charge is 0.389 e. The van der Waals surface area contributed by atoms with Crippen molar-refractivity contribution in [3.63, 3.8) is 0 Å². The molecule has 0 aliphatic carbocycles. The lowest BCUT2D eigenvalue weighted by Crippen LogP contribution is -2.23. The molecule has 0 saturated heterocycles. The van der Waals surface area contributed by atoms with Crippen molar-refractivity contribution in [1.82, 2.24) is 0 Å². The maximum absolute atomic E-state index is 12.1. The minimum atomic E-state index is -4.16. The Kier molecular flexibility index (Phi) is 4.85. The molecule has 1 atom stereocenters. The van der Waals surface area contributed by atoms with Gasteiger partial charge in [0.15, 0.2) is 0 Å². The Labute approximate surface area is 111 Å². The van der Waals surface area contributed by atoms with Crippen molar-refractivity contribution >= 4 is 0 Å². The Morgan fingerprint density at radius 3 is 2.05 bits per heavy atom. The van der Waals surface area contributed by atoms with Gasteiger partial charge < -0.3 is 10.5 Å². The molecule has 0 unspecified atom stereocenters. The lowest BCUT2D eigenvalue weighted by Gasteiger charge is -2.21. The molecule has 0 amide bonds. The fraction of sp³-hybridized carbons (Fsp3) is 0.571. The zero-order chi connectivity index (χ0) is 14.7. The zero-order valence-corrected chi connectivity index (χ0v) is 11.4. The summed E-state index contributed by atoms with van der Waals surface area (Å²) in [6.07, 6.45) is -5.13. The average molecular weight is 275 g/mol. The Hall–Kier alpha value is -1.23. The highest BCUT2D eigenvalue weighted by molar-refractivity contribution is 5.29. The highest BCUT2D eigenvalue weighted by atomic mass is 19.4. The van der Waals surface area contributed by atoms with Gasteiger partial charge in [-0.05, 0) is 44.9 Å². The van der Waals surface area contributed by atoms with Crippen molar-refractivity contribution in [2.45, 2.75) is 51.4 Å². The van der Waals surface area contributed by atoms with E-state index in [0.29, 0.717) is 11.3 Å². The van der Waals surface area contributed by atoms with Gasteiger partial charge in [0.25, 0.3) is 0 Å². The van der Waals surface area contributed by atoms with Crippen molar-refractivity contribution in [3.05, 3.63) is 29.8 Å². The minimum Gasteiger partial charge on any atom is -0.488 e. The Morgan fingerprint density at radius 2 is 1.63 bits per heavy atom. The fourth-order valence-electron chi connectivity index (χ4n) is 1.62. The lowest BCUT2D eigenvalue weighted by molar-refractivity contribution is -0.136. The van der Waals surface area contributed by atoms with Gasteiger partial charge in [0.05, 0.1) is 0 Å². The molecule has 19 heavy (non-hydrogen) atoms. The number of hydrogen-bond donors (Lipinski definition) is 1. The van der Waals surface area contributed by atoms with Crippen LogP contribution in [0.5, 0.6) is 5.75 Å². The highest BCUT2D eigenvalue weighted by Crippen LogP contribution is 2.27. The molecule has 0 aromatic heterocycles. The summed E-state index contributed by atoms with van der Waals surface area (Å²) in [4.78, 5) is 0. The normalized spacial score (nSPS) is 14.3. The molecule has 0 fully saturated rings. The second kappa shape index (κ2) is 5.82. The molecule has 1 rings (SSSR count). The van der Waals surface area contributed by atoms with Crippen molar-refractivity contribution in [2.75, 3.05) is 0 Å². The largest absolute Gasteiger partial charge is 0.488 e. The van der Waals surface area contributed by atoms with Gasteiger partial charge in [-0.1, -0.05) is 12.1 Å². The second-order valence-corrected chi connectivity index (χ2v) is 5.54. The number of ether oxygens (including phenoxy) is 1.